The Labute approximate surface area is 83.0 Å². The van der Waals surface area contributed by atoms with Crippen LogP contribution in [0.3, 0.4) is 0 Å². The first-order valence-corrected chi connectivity index (χ1v) is 4.50. The van der Waals surface area contributed by atoms with Crippen LogP contribution in [-0.4, -0.2) is 16.2 Å². The van der Waals surface area contributed by atoms with Crippen LogP contribution in [0.2, 0.25) is 0 Å². The van der Waals surface area contributed by atoms with Crippen molar-refractivity contribution in [2.24, 2.45) is 0 Å². The number of aryl methyl sites for hydroxylation is 1. The van der Waals surface area contributed by atoms with Gasteiger partial charge in [-0.05, 0) is 30.0 Å². The molecule has 3 heteroatoms. The lowest BCUT2D eigenvalue weighted by Crippen LogP contribution is -2.04. The van der Waals surface area contributed by atoms with Gasteiger partial charge in [-0.25, -0.2) is 4.79 Å². The van der Waals surface area contributed by atoms with Crippen LogP contribution in [0.5, 0.6) is 5.75 Å². The van der Waals surface area contributed by atoms with Crippen LogP contribution < -0.4 is 0 Å². The zero-order valence-corrected chi connectivity index (χ0v) is 8.53. The third-order valence-electron chi connectivity index (χ3n) is 2.13. The van der Waals surface area contributed by atoms with Crippen LogP contribution >= 0.6 is 0 Å². The average Bonchev–Trinajstić information content (AvgIpc) is 2.01. The summed E-state index contributed by atoms with van der Waals surface area (Å²) in [7, 11) is 0. The van der Waals surface area contributed by atoms with Gasteiger partial charge in [0.1, 0.15) is 11.3 Å². The highest BCUT2D eigenvalue weighted by Gasteiger charge is 2.17. The summed E-state index contributed by atoms with van der Waals surface area (Å²) in [5, 5.41) is 18.4. The molecule has 0 unspecified atom stereocenters. The van der Waals surface area contributed by atoms with E-state index in [4.69, 9.17) is 5.11 Å². The highest BCUT2D eigenvalue weighted by atomic mass is 16.4. The van der Waals surface area contributed by atoms with E-state index < -0.39 is 5.97 Å². The van der Waals surface area contributed by atoms with E-state index in [1.165, 1.54) is 6.07 Å². The summed E-state index contributed by atoms with van der Waals surface area (Å²) in [6, 6.07) is 3.27. The van der Waals surface area contributed by atoms with Crippen molar-refractivity contribution in [3.63, 3.8) is 0 Å². The maximum atomic E-state index is 10.9. The first-order valence-electron chi connectivity index (χ1n) is 4.50. The number of carbonyl (C=O) groups is 1. The van der Waals surface area contributed by atoms with E-state index in [0.717, 1.165) is 5.56 Å². The number of benzene rings is 1. The molecule has 1 rings (SSSR count). The van der Waals surface area contributed by atoms with Gasteiger partial charge in [-0.1, -0.05) is 19.9 Å². The summed E-state index contributed by atoms with van der Waals surface area (Å²) in [4.78, 5) is 10.9. The highest BCUT2D eigenvalue weighted by molar-refractivity contribution is 5.92. The quantitative estimate of drug-likeness (QED) is 0.760. The number of rotatable bonds is 2. The van der Waals surface area contributed by atoms with E-state index in [1.807, 2.05) is 20.8 Å². The van der Waals surface area contributed by atoms with Crippen molar-refractivity contribution in [2.45, 2.75) is 26.7 Å². The minimum absolute atomic E-state index is 0.0191. The molecule has 0 aliphatic carbocycles. The molecule has 0 bridgehead atoms. The zero-order chi connectivity index (χ0) is 10.9. The number of hydrogen-bond acceptors (Lipinski definition) is 2. The van der Waals surface area contributed by atoms with Crippen molar-refractivity contribution in [1.29, 1.82) is 0 Å². The number of aromatic carboxylic acids is 1. The Morgan fingerprint density at radius 1 is 1.36 bits per heavy atom. The average molecular weight is 194 g/mol. The number of carboxylic acids is 1. The van der Waals surface area contributed by atoms with Gasteiger partial charge in [0, 0.05) is 0 Å². The number of phenols is 1. The Balaban J connectivity index is 3.44. The second kappa shape index (κ2) is 3.70. The standard InChI is InChI=1S/C11H14O3/c1-6(2)8-4-7(3)5-9(12)10(8)11(13)14/h4-6,12H,1-3H3,(H,13,14). The fourth-order valence-corrected chi connectivity index (χ4v) is 1.48. The Hall–Kier alpha value is -1.51. The van der Waals surface area contributed by atoms with Gasteiger partial charge in [-0.3, -0.25) is 0 Å². The predicted molar refractivity (Wildman–Crippen MR) is 53.9 cm³/mol. The Morgan fingerprint density at radius 3 is 2.36 bits per heavy atom. The number of aromatic hydroxyl groups is 1. The minimum atomic E-state index is -1.08. The van der Waals surface area contributed by atoms with Crippen LogP contribution in [0.4, 0.5) is 0 Å². The summed E-state index contributed by atoms with van der Waals surface area (Å²) in [6.45, 7) is 5.64. The minimum Gasteiger partial charge on any atom is -0.507 e. The fourth-order valence-electron chi connectivity index (χ4n) is 1.48. The summed E-state index contributed by atoms with van der Waals surface area (Å²) in [6.07, 6.45) is 0. The van der Waals surface area contributed by atoms with Crippen molar-refractivity contribution in [2.75, 3.05) is 0 Å². The summed E-state index contributed by atoms with van der Waals surface area (Å²) in [5.41, 5.74) is 1.57. The lowest BCUT2D eigenvalue weighted by molar-refractivity contribution is 0.0692. The molecule has 0 atom stereocenters. The molecule has 0 amide bonds. The monoisotopic (exact) mass is 194 g/mol. The second-order valence-electron chi connectivity index (χ2n) is 3.71. The first-order chi connectivity index (χ1) is 6.43. The van der Waals surface area contributed by atoms with Crippen molar-refractivity contribution < 1.29 is 15.0 Å². The molecule has 0 aliphatic heterocycles. The zero-order valence-electron chi connectivity index (χ0n) is 8.53. The maximum Gasteiger partial charge on any atom is 0.339 e. The lowest BCUT2D eigenvalue weighted by Gasteiger charge is -2.12. The van der Waals surface area contributed by atoms with Crippen molar-refractivity contribution >= 4 is 5.97 Å². The largest absolute Gasteiger partial charge is 0.507 e. The van der Waals surface area contributed by atoms with Gasteiger partial charge in [0.2, 0.25) is 0 Å². The molecule has 0 saturated carbocycles. The Kier molecular flexibility index (Phi) is 2.79. The molecule has 0 aliphatic rings. The van der Waals surface area contributed by atoms with Crippen molar-refractivity contribution in [3.05, 3.63) is 28.8 Å². The van der Waals surface area contributed by atoms with Crippen molar-refractivity contribution in [1.82, 2.24) is 0 Å². The first kappa shape index (κ1) is 10.6. The molecule has 76 valence electrons. The van der Waals surface area contributed by atoms with E-state index in [2.05, 4.69) is 0 Å². The lowest BCUT2D eigenvalue weighted by atomic mass is 9.94. The van der Waals surface area contributed by atoms with Crippen molar-refractivity contribution in [3.8, 4) is 5.75 Å². The van der Waals surface area contributed by atoms with E-state index >= 15 is 0 Å². The molecule has 0 spiro atoms. The van der Waals surface area contributed by atoms with E-state index in [0.29, 0.717) is 5.56 Å². The van der Waals surface area contributed by atoms with Crippen LogP contribution in [-0.2, 0) is 0 Å². The van der Waals surface area contributed by atoms with Gasteiger partial charge in [-0.15, -0.1) is 0 Å². The van der Waals surface area contributed by atoms with Gasteiger partial charge in [0.25, 0.3) is 0 Å². The molecule has 1 aromatic carbocycles. The SMILES string of the molecule is Cc1cc(O)c(C(=O)O)c(C(C)C)c1. The summed E-state index contributed by atoms with van der Waals surface area (Å²) in [5.74, 6) is -1.14. The molecule has 2 N–H and O–H groups in total. The Bertz CT molecular complexity index is 367. The summed E-state index contributed by atoms with van der Waals surface area (Å²) < 4.78 is 0. The molecule has 0 radical (unpaired) electrons. The predicted octanol–water partition coefficient (Wildman–Crippen LogP) is 2.52. The third kappa shape index (κ3) is 1.87. The van der Waals surface area contributed by atoms with Crippen LogP contribution in [0.25, 0.3) is 0 Å². The van der Waals surface area contributed by atoms with Crippen LogP contribution in [0.15, 0.2) is 12.1 Å². The van der Waals surface area contributed by atoms with E-state index in [9.17, 15) is 9.90 Å². The molecule has 1 aromatic rings. The van der Waals surface area contributed by atoms with Gasteiger partial charge < -0.3 is 10.2 Å². The van der Waals surface area contributed by atoms with Gasteiger partial charge >= 0.3 is 5.97 Å². The number of hydrogen-bond donors (Lipinski definition) is 2. The second-order valence-corrected chi connectivity index (χ2v) is 3.71. The molecule has 0 heterocycles. The molecule has 0 aromatic heterocycles. The van der Waals surface area contributed by atoms with Crippen LogP contribution in [0, 0.1) is 6.92 Å². The molecule has 3 nitrogen and oxygen atoms in total. The molecule has 14 heavy (non-hydrogen) atoms. The molecule has 0 fully saturated rings. The highest BCUT2D eigenvalue weighted by Crippen LogP contribution is 2.28. The van der Waals surface area contributed by atoms with E-state index in [1.54, 1.807) is 6.07 Å². The molecule has 0 saturated heterocycles. The van der Waals surface area contributed by atoms with E-state index in [-0.39, 0.29) is 17.2 Å². The van der Waals surface area contributed by atoms with Gasteiger partial charge in [0.15, 0.2) is 0 Å². The summed E-state index contributed by atoms with van der Waals surface area (Å²) >= 11 is 0. The van der Waals surface area contributed by atoms with Crippen LogP contribution in [0.1, 0.15) is 41.3 Å². The topological polar surface area (TPSA) is 57.5 Å². The molecular weight excluding hydrogens is 180 g/mol. The fraction of sp³-hybridized carbons (Fsp3) is 0.364. The van der Waals surface area contributed by atoms with Gasteiger partial charge in [0.05, 0.1) is 0 Å². The number of carboxylic acid groups (broad SMARTS) is 1. The molecular formula is C11H14O3. The normalized spacial score (nSPS) is 10.6. The smallest absolute Gasteiger partial charge is 0.339 e. The Morgan fingerprint density at radius 2 is 1.93 bits per heavy atom. The third-order valence-corrected chi connectivity index (χ3v) is 2.13. The van der Waals surface area contributed by atoms with Gasteiger partial charge in [-0.2, -0.15) is 0 Å². The maximum absolute atomic E-state index is 10.9.